The van der Waals surface area contributed by atoms with Gasteiger partial charge in [0, 0.05) is 11.9 Å². The Balaban J connectivity index is 2.12. The van der Waals surface area contributed by atoms with E-state index in [1.54, 1.807) is 0 Å². The summed E-state index contributed by atoms with van der Waals surface area (Å²) in [4.78, 5) is 15.0. The quantitative estimate of drug-likeness (QED) is 0.785. The van der Waals surface area contributed by atoms with Crippen LogP contribution in [-0.2, 0) is 16.5 Å². The lowest BCUT2D eigenvalue weighted by atomic mass is 9.74. The van der Waals surface area contributed by atoms with Gasteiger partial charge in [0.1, 0.15) is 7.85 Å². The molecule has 2 heterocycles. The molecule has 2 atom stereocenters. The molecule has 0 bridgehead atoms. The first-order chi connectivity index (χ1) is 12.1. The molecule has 0 spiro atoms. The molecule has 136 valence electrons. The third-order valence-corrected chi connectivity index (χ3v) is 6.03. The first-order valence-corrected chi connectivity index (χ1v) is 8.79. The number of amides is 1. The van der Waals surface area contributed by atoms with Crippen molar-refractivity contribution in [2.45, 2.75) is 24.6 Å². The minimum absolute atomic E-state index is 0.0338. The molecule has 0 unspecified atom stereocenters. The molecule has 1 aromatic carbocycles. The third-order valence-electron chi connectivity index (χ3n) is 4.77. The average molecular weight is 379 g/mol. The van der Waals surface area contributed by atoms with Crippen molar-refractivity contribution in [1.29, 1.82) is 5.41 Å². The molecule has 1 amide bonds. The molecule has 26 heavy (non-hydrogen) atoms. The molecule has 1 aromatic heterocycles. The second-order valence-corrected chi connectivity index (χ2v) is 7.47. The number of guanidine groups is 1. The molecule has 3 rings (SSSR count). The van der Waals surface area contributed by atoms with Crippen LogP contribution in [0, 0.1) is 5.41 Å². The number of benzene rings is 1. The summed E-state index contributed by atoms with van der Waals surface area (Å²) >= 11 is 1.46. The van der Waals surface area contributed by atoms with Crippen LogP contribution in [0.3, 0.4) is 0 Å². The molecule has 0 radical (unpaired) electrons. The van der Waals surface area contributed by atoms with E-state index >= 15 is 0 Å². The first kappa shape index (κ1) is 18.5. The number of likely N-dealkylation sites (N-methyl/N-ethyl adjacent to an activating group) is 1. The van der Waals surface area contributed by atoms with Gasteiger partial charge < -0.3 is 5.32 Å². The first-order valence-electron chi connectivity index (χ1n) is 7.91. The van der Waals surface area contributed by atoms with Crippen LogP contribution in [0.15, 0.2) is 35.7 Å². The van der Waals surface area contributed by atoms with Crippen LogP contribution >= 0.6 is 11.3 Å². The number of alkyl halides is 3. The number of hydrogen-bond acceptors (Lipinski definition) is 3. The fourth-order valence-corrected chi connectivity index (χ4v) is 4.46. The predicted molar refractivity (Wildman–Crippen MR) is 97.7 cm³/mol. The van der Waals surface area contributed by atoms with Crippen LogP contribution in [0.25, 0.3) is 0 Å². The molecule has 2 N–H and O–H groups in total. The summed E-state index contributed by atoms with van der Waals surface area (Å²) in [6.07, 6.45) is -4.43. The summed E-state index contributed by atoms with van der Waals surface area (Å²) in [5.74, 6) is -1.11. The Bertz CT molecular complexity index is 865. The van der Waals surface area contributed by atoms with E-state index in [-0.39, 0.29) is 11.9 Å². The van der Waals surface area contributed by atoms with Gasteiger partial charge in [-0.1, -0.05) is 23.7 Å². The highest BCUT2D eigenvalue weighted by Gasteiger charge is 2.49. The van der Waals surface area contributed by atoms with Gasteiger partial charge in [0.15, 0.2) is 5.96 Å². The summed E-state index contributed by atoms with van der Waals surface area (Å²) in [6, 6.07) is 6.59. The zero-order valence-corrected chi connectivity index (χ0v) is 15.3. The van der Waals surface area contributed by atoms with Crippen molar-refractivity contribution in [2.24, 2.45) is 0 Å². The molecular weight excluding hydrogens is 362 g/mol. The minimum atomic E-state index is -4.43. The predicted octanol–water partition coefficient (Wildman–Crippen LogP) is 2.02. The average Bonchev–Trinajstić information content (AvgIpc) is 2.99. The molecule has 0 aliphatic carbocycles. The Morgan fingerprint density at radius 2 is 1.88 bits per heavy atom. The Hall–Kier alpha value is -2.29. The maximum atomic E-state index is 13.0. The lowest BCUT2D eigenvalue weighted by molar-refractivity contribution is -0.137. The number of thiophene rings is 1. The summed E-state index contributed by atoms with van der Waals surface area (Å²) < 4.78 is 38.6. The number of nitrogens with one attached hydrogen (secondary N) is 2. The zero-order chi connectivity index (χ0) is 19.3. The summed E-state index contributed by atoms with van der Waals surface area (Å²) in [7, 11) is 3.39. The third kappa shape index (κ3) is 2.90. The van der Waals surface area contributed by atoms with Crippen molar-refractivity contribution in [3.05, 3.63) is 51.7 Å². The summed E-state index contributed by atoms with van der Waals surface area (Å²) in [6.45, 7) is 1.81. The maximum Gasteiger partial charge on any atom is 0.416 e. The Morgan fingerprint density at radius 1 is 1.27 bits per heavy atom. The highest BCUT2D eigenvalue weighted by atomic mass is 32.1. The second kappa shape index (κ2) is 6.16. The van der Waals surface area contributed by atoms with Crippen molar-refractivity contribution < 1.29 is 18.0 Å². The van der Waals surface area contributed by atoms with E-state index in [1.165, 1.54) is 35.4 Å². The maximum absolute atomic E-state index is 13.0. The van der Waals surface area contributed by atoms with Crippen LogP contribution < -0.4 is 10.8 Å². The molecule has 9 heteroatoms. The molecule has 1 fully saturated rings. The molecule has 0 saturated carbocycles. The van der Waals surface area contributed by atoms with Crippen molar-refractivity contribution in [3.63, 3.8) is 0 Å². The highest BCUT2D eigenvalue weighted by molar-refractivity contribution is 7.11. The number of halogens is 3. The fraction of sp³-hybridized carbons (Fsp3) is 0.294. The molecule has 4 nitrogen and oxygen atoms in total. The standard InChI is InChI=1S/C17H17BF3N3OS/c1-16(13-11(18)7-8-26-13)12(14(25)24(2)15(22)23-16)9-3-5-10(6-4-9)17(19,20)21/h3-8,12H,18H2,1-2H3,(H2,22,23)/t12-,16-/m0/s1. The fourth-order valence-electron chi connectivity index (χ4n) is 3.39. The van der Waals surface area contributed by atoms with Crippen LogP contribution in [-0.4, -0.2) is 31.7 Å². The molecule has 2 aromatic rings. The molecule has 1 saturated heterocycles. The Morgan fingerprint density at radius 3 is 2.38 bits per heavy atom. The number of nitrogens with zero attached hydrogens (tertiary/aromatic N) is 1. The van der Waals surface area contributed by atoms with Gasteiger partial charge in [-0.15, -0.1) is 11.3 Å². The van der Waals surface area contributed by atoms with Crippen LogP contribution in [0.5, 0.6) is 0 Å². The number of carbonyl (C=O) groups excluding carboxylic acids is 1. The largest absolute Gasteiger partial charge is 0.416 e. The van der Waals surface area contributed by atoms with Gasteiger partial charge in [0.2, 0.25) is 5.91 Å². The van der Waals surface area contributed by atoms with E-state index < -0.39 is 23.2 Å². The summed E-state index contributed by atoms with van der Waals surface area (Å²) in [5.41, 5.74) is -0.233. The van der Waals surface area contributed by atoms with E-state index in [2.05, 4.69) is 5.32 Å². The van der Waals surface area contributed by atoms with Gasteiger partial charge in [-0.3, -0.25) is 15.1 Å². The van der Waals surface area contributed by atoms with Gasteiger partial charge in [-0.25, -0.2) is 0 Å². The van der Waals surface area contributed by atoms with Crippen molar-refractivity contribution in [3.8, 4) is 0 Å². The smallest absolute Gasteiger partial charge is 0.345 e. The summed E-state index contributed by atoms with van der Waals surface area (Å²) in [5, 5.41) is 13.1. The lowest BCUT2D eigenvalue weighted by Gasteiger charge is -2.45. The van der Waals surface area contributed by atoms with Gasteiger partial charge in [0.25, 0.3) is 0 Å². The van der Waals surface area contributed by atoms with Crippen molar-refractivity contribution in [2.75, 3.05) is 7.05 Å². The minimum Gasteiger partial charge on any atom is -0.345 e. The normalized spacial score (nSPS) is 23.9. The monoisotopic (exact) mass is 379 g/mol. The second-order valence-electron chi connectivity index (χ2n) is 6.56. The van der Waals surface area contributed by atoms with Crippen LogP contribution in [0.1, 0.15) is 28.8 Å². The van der Waals surface area contributed by atoms with Crippen LogP contribution in [0.2, 0.25) is 0 Å². The lowest BCUT2D eigenvalue weighted by Crippen LogP contribution is -2.63. The zero-order valence-electron chi connectivity index (χ0n) is 14.4. The van der Waals surface area contributed by atoms with Gasteiger partial charge >= 0.3 is 6.18 Å². The molecule has 1 aliphatic rings. The van der Waals surface area contributed by atoms with E-state index in [1.807, 2.05) is 26.2 Å². The van der Waals surface area contributed by atoms with Crippen molar-refractivity contribution in [1.82, 2.24) is 10.2 Å². The van der Waals surface area contributed by atoms with Gasteiger partial charge in [-0.2, -0.15) is 13.2 Å². The Kier molecular flexibility index (Phi) is 4.38. The molecule has 1 aliphatic heterocycles. The van der Waals surface area contributed by atoms with Crippen LogP contribution in [0.4, 0.5) is 13.2 Å². The number of rotatable bonds is 2. The highest BCUT2D eigenvalue weighted by Crippen LogP contribution is 2.42. The van der Waals surface area contributed by atoms with E-state index in [4.69, 9.17) is 5.41 Å². The van der Waals surface area contributed by atoms with E-state index in [0.717, 1.165) is 22.5 Å². The van der Waals surface area contributed by atoms with Gasteiger partial charge in [-0.05, 0) is 30.0 Å². The van der Waals surface area contributed by atoms with E-state index in [9.17, 15) is 18.0 Å². The molecular formula is C17H17BF3N3OS. The SMILES string of the molecule is Bc1ccsc1[C@@]1(C)NC(=N)N(C)C(=O)[C@@H]1c1ccc(C(F)(F)F)cc1. The topological polar surface area (TPSA) is 56.2 Å². The Labute approximate surface area is 153 Å². The van der Waals surface area contributed by atoms with Gasteiger partial charge in [0.05, 0.1) is 17.0 Å². The van der Waals surface area contributed by atoms with E-state index in [0.29, 0.717) is 5.56 Å². The number of hydrogen-bond donors (Lipinski definition) is 2. The number of carbonyl (C=O) groups is 1. The van der Waals surface area contributed by atoms with Crippen molar-refractivity contribution >= 4 is 36.5 Å².